The van der Waals surface area contributed by atoms with Gasteiger partial charge < -0.3 is 25.0 Å². The van der Waals surface area contributed by atoms with E-state index in [0.29, 0.717) is 25.7 Å². The Hall–Kier alpha value is -2.58. The molecule has 152 valence electrons. The van der Waals surface area contributed by atoms with Gasteiger partial charge in [-0.15, -0.1) is 11.3 Å². The Labute approximate surface area is 170 Å². The molecule has 2 aromatic rings. The average Bonchev–Trinajstić information content (AvgIpc) is 3.21. The van der Waals surface area contributed by atoms with E-state index in [2.05, 4.69) is 21.7 Å². The van der Waals surface area contributed by atoms with E-state index >= 15 is 0 Å². The summed E-state index contributed by atoms with van der Waals surface area (Å²) in [6.07, 6.45) is 0.829. The van der Waals surface area contributed by atoms with E-state index in [1.54, 1.807) is 32.5 Å². The molecule has 0 aliphatic heterocycles. The molecule has 0 unspecified atom stereocenters. The molecular weight excluding hydrogens is 376 g/mol. The van der Waals surface area contributed by atoms with Crippen molar-refractivity contribution in [3.63, 3.8) is 0 Å². The number of thiophene rings is 1. The number of nitrogens with zero attached hydrogens (tertiary/aromatic N) is 2. The first-order valence-electron chi connectivity index (χ1n) is 9.08. The summed E-state index contributed by atoms with van der Waals surface area (Å²) < 4.78 is 10.8. The number of hydrogen-bond acceptors (Lipinski definition) is 5. The number of carbonyl (C=O) groups excluding carboxylic acids is 1. The first-order chi connectivity index (χ1) is 13.6. The zero-order valence-electron chi connectivity index (χ0n) is 16.6. The number of benzene rings is 1. The number of nitrogens with one attached hydrogen (secondary N) is 2. The molecule has 0 aliphatic rings. The molecule has 0 radical (unpaired) electrons. The standard InChI is InChI=1S/C20H28N4O3S/c1-24(2)19(25)15-22-20(21-14-18-9-5-12-28-18)23-16-7-4-8-17(13-16)27-11-6-10-26-3/h4-5,7-9,12-13H,6,10-11,14-15H2,1-3H3,(H2,21,22,23). The van der Waals surface area contributed by atoms with Gasteiger partial charge in [0.15, 0.2) is 5.96 Å². The average molecular weight is 405 g/mol. The third kappa shape index (κ3) is 7.98. The largest absolute Gasteiger partial charge is 0.493 e. The summed E-state index contributed by atoms with van der Waals surface area (Å²) in [5, 5.41) is 8.54. The van der Waals surface area contributed by atoms with E-state index in [-0.39, 0.29) is 12.5 Å². The number of hydrogen-bond donors (Lipinski definition) is 2. The van der Waals surface area contributed by atoms with Gasteiger partial charge in [0, 0.05) is 50.9 Å². The molecule has 0 atom stereocenters. The zero-order chi connectivity index (χ0) is 20.2. The van der Waals surface area contributed by atoms with E-state index in [1.807, 2.05) is 35.7 Å². The van der Waals surface area contributed by atoms with Crippen LogP contribution in [-0.2, 0) is 16.1 Å². The van der Waals surface area contributed by atoms with Crippen LogP contribution < -0.4 is 15.4 Å². The Bertz CT molecular complexity index is 748. The zero-order valence-corrected chi connectivity index (χ0v) is 17.4. The van der Waals surface area contributed by atoms with Gasteiger partial charge in [-0.3, -0.25) is 4.79 Å². The summed E-state index contributed by atoms with van der Waals surface area (Å²) in [6, 6.07) is 11.7. The molecule has 0 aliphatic carbocycles. The van der Waals surface area contributed by atoms with Crippen LogP contribution in [0.4, 0.5) is 5.69 Å². The minimum absolute atomic E-state index is 0.0625. The van der Waals surface area contributed by atoms with Crippen molar-refractivity contribution in [3.8, 4) is 5.75 Å². The number of anilines is 1. The van der Waals surface area contributed by atoms with Gasteiger partial charge in [0.25, 0.3) is 0 Å². The molecule has 0 spiro atoms. The van der Waals surface area contributed by atoms with Crippen molar-refractivity contribution in [3.05, 3.63) is 46.7 Å². The van der Waals surface area contributed by atoms with Gasteiger partial charge in [0.05, 0.1) is 13.2 Å². The van der Waals surface area contributed by atoms with Crippen LogP contribution in [0.5, 0.6) is 5.75 Å². The van der Waals surface area contributed by atoms with Gasteiger partial charge in [-0.1, -0.05) is 12.1 Å². The molecule has 28 heavy (non-hydrogen) atoms. The van der Waals surface area contributed by atoms with Crippen molar-refractivity contribution in [2.45, 2.75) is 13.0 Å². The number of methoxy groups -OCH3 is 1. The second-order valence-corrected chi connectivity index (χ2v) is 7.27. The minimum atomic E-state index is -0.0625. The number of guanidine groups is 1. The molecule has 8 heteroatoms. The molecule has 2 N–H and O–H groups in total. The van der Waals surface area contributed by atoms with Gasteiger partial charge in [-0.25, -0.2) is 4.99 Å². The van der Waals surface area contributed by atoms with Crippen molar-refractivity contribution in [1.29, 1.82) is 0 Å². The number of rotatable bonds is 10. The molecule has 1 amide bonds. The number of aliphatic imine (C=N–C) groups is 1. The Morgan fingerprint density at radius 3 is 2.79 bits per heavy atom. The second kappa shape index (κ2) is 12.0. The van der Waals surface area contributed by atoms with Crippen LogP contribution in [0.2, 0.25) is 0 Å². The molecule has 0 saturated carbocycles. The van der Waals surface area contributed by atoms with E-state index in [4.69, 9.17) is 9.47 Å². The minimum Gasteiger partial charge on any atom is -0.493 e. The number of amides is 1. The Balaban J connectivity index is 2.01. The van der Waals surface area contributed by atoms with E-state index in [0.717, 1.165) is 17.9 Å². The lowest BCUT2D eigenvalue weighted by Gasteiger charge is -2.14. The van der Waals surface area contributed by atoms with Crippen molar-refractivity contribution >= 4 is 28.9 Å². The predicted octanol–water partition coefficient (Wildman–Crippen LogP) is 2.81. The van der Waals surface area contributed by atoms with Gasteiger partial charge in [0.2, 0.25) is 5.91 Å². The maximum atomic E-state index is 11.9. The van der Waals surface area contributed by atoms with E-state index in [9.17, 15) is 4.79 Å². The summed E-state index contributed by atoms with van der Waals surface area (Å²) in [4.78, 5) is 19.0. The topological polar surface area (TPSA) is 75.2 Å². The molecule has 1 aromatic heterocycles. The fourth-order valence-electron chi connectivity index (χ4n) is 2.21. The number of carbonyl (C=O) groups is 1. The third-order valence-corrected chi connectivity index (χ3v) is 4.62. The number of ether oxygens (including phenoxy) is 2. The van der Waals surface area contributed by atoms with Crippen LogP contribution in [0, 0.1) is 0 Å². The summed E-state index contributed by atoms with van der Waals surface area (Å²) in [5.74, 6) is 1.25. The smallest absolute Gasteiger partial charge is 0.243 e. The van der Waals surface area contributed by atoms with Gasteiger partial charge in [-0.2, -0.15) is 0 Å². The molecule has 1 aromatic carbocycles. The monoisotopic (exact) mass is 404 g/mol. The van der Waals surface area contributed by atoms with Gasteiger partial charge in [-0.05, 0) is 23.6 Å². The fourth-order valence-corrected chi connectivity index (χ4v) is 2.85. The van der Waals surface area contributed by atoms with Crippen molar-refractivity contribution in [1.82, 2.24) is 10.2 Å². The quantitative estimate of drug-likeness (QED) is 0.362. The van der Waals surface area contributed by atoms with Crippen LogP contribution in [0.15, 0.2) is 46.8 Å². The molecule has 2 rings (SSSR count). The molecular formula is C20H28N4O3S. The predicted molar refractivity (Wildman–Crippen MR) is 114 cm³/mol. The SMILES string of the molecule is COCCCOc1cccc(NC(=NCC(=O)N(C)C)NCc2cccs2)c1. The number of likely N-dealkylation sites (N-methyl/N-ethyl adjacent to an activating group) is 1. The highest BCUT2D eigenvalue weighted by molar-refractivity contribution is 7.09. The Morgan fingerprint density at radius 2 is 2.07 bits per heavy atom. The lowest BCUT2D eigenvalue weighted by atomic mass is 10.3. The highest BCUT2D eigenvalue weighted by Gasteiger charge is 2.06. The third-order valence-electron chi connectivity index (χ3n) is 3.74. The molecule has 7 nitrogen and oxygen atoms in total. The lowest BCUT2D eigenvalue weighted by molar-refractivity contribution is -0.127. The van der Waals surface area contributed by atoms with Crippen molar-refractivity contribution in [2.24, 2.45) is 4.99 Å². The lowest BCUT2D eigenvalue weighted by Crippen LogP contribution is -2.32. The van der Waals surface area contributed by atoms with E-state index in [1.165, 1.54) is 9.78 Å². The Morgan fingerprint density at radius 1 is 1.21 bits per heavy atom. The van der Waals surface area contributed by atoms with E-state index < -0.39 is 0 Å². The fraction of sp³-hybridized carbons (Fsp3) is 0.400. The normalized spacial score (nSPS) is 11.2. The maximum Gasteiger partial charge on any atom is 0.243 e. The van der Waals surface area contributed by atoms with Crippen LogP contribution in [0.3, 0.4) is 0 Å². The molecule has 0 bridgehead atoms. The summed E-state index contributed by atoms with van der Waals surface area (Å²) in [7, 11) is 5.11. The summed E-state index contributed by atoms with van der Waals surface area (Å²) in [5.41, 5.74) is 0.832. The first-order valence-corrected chi connectivity index (χ1v) is 9.96. The van der Waals surface area contributed by atoms with Crippen LogP contribution in [0.25, 0.3) is 0 Å². The van der Waals surface area contributed by atoms with Crippen molar-refractivity contribution < 1.29 is 14.3 Å². The second-order valence-electron chi connectivity index (χ2n) is 6.23. The van der Waals surface area contributed by atoms with Crippen LogP contribution in [-0.4, -0.2) is 57.7 Å². The first kappa shape index (κ1) is 21.7. The van der Waals surface area contributed by atoms with Crippen LogP contribution in [0.1, 0.15) is 11.3 Å². The van der Waals surface area contributed by atoms with Crippen molar-refractivity contribution in [2.75, 3.05) is 46.3 Å². The van der Waals surface area contributed by atoms with Gasteiger partial charge >= 0.3 is 0 Å². The molecule has 1 heterocycles. The highest BCUT2D eigenvalue weighted by Crippen LogP contribution is 2.17. The molecule has 0 fully saturated rings. The summed E-state index contributed by atoms with van der Waals surface area (Å²) in [6.45, 7) is 1.96. The summed E-state index contributed by atoms with van der Waals surface area (Å²) >= 11 is 1.67. The highest BCUT2D eigenvalue weighted by atomic mass is 32.1. The van der Waals surface area contributed by atoms with Gasteiger partial charge in [0.1, 0.15) is 12.3 Å². The Kier molecular flexibility index (Phi) is 9.30. The van der Waals surface area contributed by atoms with Crippen LogP contribution >= 0.6 is 11.3 Å². The molecule has 0 saturated heterocycles. The maximum absolute atomic E-state index is 11.9.